The van der Waals surface area contributed by atoms with Gasteiger partial charge in [-0.15, -0.1) is 5.10 Å². The van der Waals surface area contributed by atoms with Gasteiger partial charge in [-0.2, -0.15) is 4.98 Å². The Kier molecular flexibility index (Phi) is 3.59. The summed E-state index contributed by atoms with van der Waals surface area (Å²) in [4.78, 5) is 4.44. The summed E-state index contributed by atoms with van der Waals surface area (Å²) in [7, 11) is 0. The maximum Gasteiger partial charge on any atom is 0.243 e. The Balaban J connectivity index is 1.54. The lowest BCUT2D eigenvalue weighted by Gasteiger charge is -2.06. The predicted octanol–water partition coefficient (Wildman–Crippen LogP) is 2.11. The minimum absolute atomic E-state index is 0.526. The molecule has 3 rings (SSSR count). The third kappa shape index (κ3) is 3.05. The first-order valence-electron chi connectivity index (χ1n) is 6.76. The van der Waals surface area contributed by atoms with Crippen LogP contribution in [0.15, 0.2) is 42.6 Å². The van der Waals surface area contributed by atoms with Gasteiger partial charge in [-0.05, 0) is 42.8 Å². The van der Waals surface area contributed by atoms with Crippen LogP contribution < -0.4 is 15.8 Å². The quantitative estimate of drug-likeness (QED) is 0.554. The molecule has 1 aromatic carbocycles. The summed E-state index contributed by atoms with van der Waals surface area (Å²) in [5, 5.41) is 7.50. The van der Waals surface area contributed by atoms with E-state index < -0.39 is 0 Å². The lowest BCUT2D eigenvalue weighted by atomic mass is 10.3. The van der Waals surface area contributed by atoms with Crippen molar-refractivity contribution in [3.63, 3.8) is 0 Å². The molecule has 0 radical (unpaired) electrons. The monoisotopic (exact) mass is 283 g/mol. The molecule has 0 aliphatic rings. The number of ether oxygens (including phenoxy) is 1. The summed E-state index contributed by atoms with van der Waals surface area (Å²) in [5.74, 6) is 1.40. The van der Waals surface area contributed by atoms with Crippen molar-refractivity contribution in [1.29, 1.82) is 0 Å². The number of hydrogen-bond acceptors (Lipinski definition) is 5. The molecule has 0 saturated carbocycles. The molecule has 3 aromatic rings. The minimum atomic E-state index is 0.526. The Labute approximate surface area is 122 Å². The van der Waals surface area contributed by atoms with Gasteiger partial charge in [0.05, 0.1) is 6.54 Å². The van der Waals surface area contributed by atoms with Crippen LogP contribution in [0.4, 0.5) is 11.6 Å². The van der Waals surface area contributed by atoms with E-state index >= 15 is 0 Å². The fourth-order valence-corrected chi connectivity index (χ4v) is 2.01. The number of nitrogens with one attached hydrogen (secondary N) is 1. The van der Waals surface area contributed by atoms with Gasteiger partial charge in [0.2, 0.25) is 5.95 Å². The molecule has 0 amide bonds. The zero-order valence-corrected chi connectivity index (χ0v) is 11.8. The van der Waals surface area contributed by atoms with Gasteiger partial charge >= 0.3 is 0 Å². The molecule has 0 aliphatic heterocycles. The first-order valence-corrected chi connectivity index (χ1v) is 6.76. The molecule has 2 aromatic heterocycles. The standard InChI is InChI=1S/C15H17N5O/c1-11-3-2-9-20-14(11)18-15(19-20)17-8-10-21-13-6-4-12(16)5-7-13/h2-7,9H,8,10,16H2,1H3,(H,17,19). The molecular weight excluding hydrogens is 266 g/mol. The highest BCUT2D eigenvalue weighted by molar-refractivity contribution is 5.49. The van der Waals surface area contributed by atoms with Gasteiger partial charge in [0, 0.05) is 11.9 Å². The van der Waals surface area contributed by atoms with E-state index in [1.54, 1.807) is 4.52 Å². The number of aryl methyl sites for hydroxylation is 1. The van der Waals surface area contributed by atoms with Crippen LogP contribution in [0.5, 0.6) is 5.75 Å². The number of nitrogens with zero attached hydrogens (tertiary/aromatic N) is 3. The van der Waals surface area contributed by atoms with E-state index in [1.807, 2.05) is 49.5 Å². The fraction of sp³-hybridized carbons (Fsp3) is 0.200. The van der Waals surface area contributed by atoms with Gasteiger partial charge in [0.25, 0.3) is 0 Å². The highest BCUT2D eigenvalue weighted by Crippen LogP contribution is 2.13. The number of rotatable bonds is 5. The lowest BCUT2D eigenvalue weighted by Crippen LogP contribution is -2.12. The molecule has 108 valence electrons. The van der Waals surface area contributed by atoms with E-state index in [0.717, 1.165) is 22.6 Å². The van der Waals surface area contributed by atoms with Crippen molar-refractivity contribution in [3.05, 3.63) is 48.2 Å². The Hall–Kier alpha value is -2.76. The van der Waals surface area contributed by atoms with Gasteiger partial charge in [-0.3, -0.25) is 0 Å². The van der Waals surface area contributed by atoms with Crippen molar-refractivity contribution in [2.24, 2.45) is 0 Å². The first kappa shape index (κ1) is 13.2. The van der Waals surface area contributed by atoms with Gasteiger partial charge < -0.3 is 15.8 Å². The number of nitrogen functional groups attached to an aromatic ring is 1. The van der Waals surface area contributed by atoms with Gasteiger partial charge in [0.1, 0.15) is 12.4 Å². The first-order chi connectivity index (χ1) is 10.2. The molecule has 0 unspecified atom stereocenters. The van der Waals surface area contributed by atoms with Crippen LogP contribution in [-0.2, 0) is 0 Å². The molecule has 21 heavy (non-hydrogen) atoms. The Morgan fingerprint density at radius 3 is 2.81 bits per heavy atom. The smallest absolute Gasteiger partial charge is 0.243 e. The molecule has 0 aliphatic carbocycles. The summed E-state index contributed by atoms with van der Waals surface area (Å²) in [6.45, 7) is 3.16. The largest absolute Gasteiger partial charge is 0.492 e. The van der Waals surface area contributed by atoms with Crippen molar-refractivity contribution in [2.75, 3.05) is 24.2 Å². The summed E-state index contributed by atoms with van der Waals surface area (Å²) >= 11 is 0. The van der Waals surface area contributed by atoms with Gasteiger partial charge in [-0.25, -0.2) is 4.52 Å². The minimum Gasteiger partial charge on any atom is -0.492 e. The van der Waals surface area contributed by atoms with Crippen molar-refractivity contribution in [1.82, 2.24) is 14.6 Å². The second-order valence-corrected chi connectivity index (χ2v) is 4.74. The molecular formula is C15H17N5O. The highest BCUT2D eigenvalue weighted by Gasteiger charge is 2.04. The third-order valence-electron chi connectivity index (χ3n) is 3.09. The molecule has 6 nitrogen and oxygen atoms in total. The Morgan fingerprint density at radius 1 is 1.24 bits per heavy atom. The molecule has 3 N–H and O–H groups in total. The second-order valence-electron chi connectivity index (χ2n) is 4.74. The Morgan fingerprint density at radius 2 is 2.05 bits per heavy atom. The van der Waals surface area contributed by atoms with E-state index in [2.05, 4.69) is 15.4 Å². The zero-order chi connectivity index (χ0) is 14.7. The average Bonchev–Trinajstić information content (AvgIpc) is 2.90. The van der Waals surface area contributed by atoms with Crippen LogP contribution in [0.3, 0.4) is 0 Å². The van der Waals surface area contributed by atoms with Crippen LogP contribution >= 0.6 is 0 Å². The van der Waals surface area contributed by atoms with Crippen LogP contribution in [0.25, 0.3) is 5.65 Å². The number of anilines is 2. The molecule has 0 atom stereocenters. The molecule has 0 spiro atoms. The summed E-state index contributed by atoms with van der Waals surface area (Å²) in [6.07, 6.45) is 1.88. The van der Waals surface area contributed by atoms with Gasteiger partial charge in [0.15, 0.2) is 5.65 Å². The Bertz CT molecular complexity index is 735. The zero-order valence-electron chi connectivity index (χ0n) is 11.8. The molecule has 6 heteroatoms. The van der Waals surface area contributed by atoms with E-state index in [0.29, 0.717) is 19.1 Å². The lowest BCUT2D eigenvalue weighted by molar-refractivity contribution is 0.332. The normalized spacial score (nSPS) is 10.7. The molecule has 0 bridgehead atoms. The fourth-order valence-electron chi connectivity index (χ4n) is 2.01. The van der Waals surface area contributed by atoms with Gasteiger partial charge in [-0.1, -0.05) is 6.07 Å². The van der Waals surface area contributed by atoms with E-state index in [-0.39, 0.29) is 0 Å². The second kappa shape index (κ2) is 5.70. The maximum absolute atomic E-state index is 5.62. The van der Waals surface area contributed by atoms with Crippen LogP contribution in [-0.4, -0.2) is 27.7 Å². The molecule has 2 heterocycles. The topological polar surface area (TPSA) is 77.5 Å². The van der Waals surface area contributed by atoms with Crippen LogP contribution in [0.2, 0.25) is 0 Å². The highest BCUT2D eigenvalue weighted by atomic mass is 16.5. The molecule has 0 fully saturated rings. The van der Waals surface area contributed by atoms with Crippen molar-refractivity contribution < 1.29 is 4.74 Å². The van der Waals surface area contributed by atoms with Crippen LogP contribution in [0.1, 0.15) is 5.56 Å². The average molecular weight is 283 g/mol. The number of nitrogens with two attached hydrogens (primary N) is 1. The summed E-state index contributed by atoms with van der Waals surface area (Å²) in [6, 6.07) is 11.3. The van der Waals surface area contributed by atoms with Crippen LogP contribution in [0, 0.1) is 6.92 Å². The van der Waals surface area contributed by atoms with Crippen molar-refractivity contribution in [2.45, 2.75) is 6.92 Å². The number of benzene rings is 1. The van der Waals surface area contributed by atoms with E-state index in [4.69, 9.17) is 10.5 Å². The SMILES string of the molecule is Cc1cccn2nc(NCCOc3ccc(N)cc3)nc12. The predicted molar refractivity (Wildman–Crippen MR) is 82.6 cm³/mol. The number of fused-ring (bicyclic) bond motifs is 1. The third-order valence-corrected chi connectivity index (χ3v) is 3.09. The summed E-state index contributed by atoms with van der Waals surface area (Å²) in [5.41, 5.74) is 8.30. The number of hydrogen-bond donors (Lipinski definition) is 2. The molecule has 0 saturated heterocycles. The summed E-state index contributed by atoms with van der Waals surface area (Å²) < 4.78 is 7.36. The van der Waals surface area contributed by atoms with Crippen molar-refractivity contribution >= 4 is 17.3 Å². The van der Waals surface area contributed by atoms with E-state index in [1.165, 1.54) is 0 Å². The number of pyridine rings is 1. The maximum atomic E-state index is 5.62. The van der Waals surface area contributed by atoms with Crippen molar-refractivity contribution in [3.8, 4) is 5.75 Å². The van der Waals surface area contributed by atoms with E-state index in [9.17, 15) is 0 Å². The number of aromatic nitrogens is 3.